The second-order valence-electron chi connectivity index (χ2n) is 6.74. The summed E-state index contributed by atoms with van der Waals surface area (Å²) >= 11 is 1.84. The number of benzene rings is 1. The molecule has 3 aromatic rings. The normalized spacial score (nSPS) is 12.8. The van der Waals surface area contributed by atoms with Gasteiger partial charge in [0, 0.05) is 10.9 Å². The molecule has 0 fully saturated rings. The molecule has 2 heterocycles. The maximum Gasteiger partial charge on any atom is 0.0601 e. The first-order valence-electron chi connectivity index (χ1n) is 9.05. The van der Waals surface area contributed by atoms with Crippen LogP contribution in [0.3, 0.4) is 0 Å². The lowest BCUT2D eigenvalue weighted by atomic mass is 9.95. The van der Waals surface area contributed by atoms with Crippen molar-refractivity contribution >= 4 is 22.2 Å². The van der Waals surface area contributed by atoms with Crippen LogP contribution in [0.5, 0.6) is 0 Å². The number of hydrogen-bond acceptors (Lipinski definition) is 2. The van der Waals surface area contributed by atoms with E-state index in [1.54, 1.807) is 0 Å². The van der Waals surface area contributed by atoms with E-state index in [-0.39, 0.29) is 0 Å². The van der Waals surface area contributed by atoms with E-state index in [1.165, 1.54) is 38.2 Å². The van der Waals surface area contributed by atoms with Gasteiger partial charge in [0.15, 0.2) is 0 Å². The van der Waals surface area contributed by atoms with Crippen molar-refractivity contribution < 1.29 is 0 Å². The third kappa shape index (κ3) is 3.15. The van der Waals surface area contributed by atoms with E-state index in [0.717, 1.165) is 32.2 Å². The van der Waals surface area contributed by atoms with Crippen molar-refractivity contribution in [3.8, 4) is 10.6 Å². The number of rotatable bonds is 7. The Morgan fingerprint density at radius 3 is 2.71 bits per heavy atom. The van der Waals surface area contributed by atoms with Crippen LogP contribution in [0.4, 0.5) is 0 Å². The molecule has 1 atom stereocenters. The minimum atomic E-state index is 0.571. The number of aryl methyl sites for hydroxylation is 2. The molecule has 0 radical (unpaired) electrons. The average molecular weight is 341 g/mol. The lowest BCUT2D eigenvalue weighted by molar-refractivity contribution is 0.738. The minimum absolute atomic E-state index is 0.571. The molecule has 3 rings (SSSR count). The first-order chi connectivity index (χ1) is 11.7. The van der Waals surface area contributed by atoms with Gasteiger partial charge in [-0.3, -0.25) is 0 Å². The second-order valence-corrected chi connectivity index (χ2v) is 7.65. The van der Waals surface area contributed by atoms with Crippen molar-refractivity contribution in [2.75, 3.05) is 6.54 Å². The molecular formula is C21H28N2S. The molecule has 0 bridgehead atoms. The van der Waals surface area contributed by atoms with E-state index >= 15 is 0 Å². The Balaban J connectivity index is 2.17. The molecule has 1 unspecified atom stereocenters. The van der Waals surface area contributed by atoms with Gasteiger partial charge < -0.3 is 10.7 Å². The third-order valence-electron chi connectivity index (χ3n) is 5.09. The number of unbranched alkanes of at least 4 members (excludes halogenated alkanes) is 1. The SMILES string of the molecule is CCC(C)c1cccc2c(CCCCN)c(-c3sccc3C)[nH]c12. The average Bonchev–Trinajstić information content (AvgIpc) is 3.17. The number of para-hydroxylation sites is 1. The Kier molecular flexibility index (Phi) is 5.42. The number of nitrogens with one attached hydrogen (secondary N) is 1. The summed E-state index contributed by atoms with van der Waals surface area (Å²) in [7, 11) is 0. The van der Waals surface area contributed by atoms with Crippen LogP contribution in [0.1, 0.15) is 55.7 Å². The second kappa shape index (κ2) is 7.54. The fourth-order valence-electron chi connectivity index (χ4n) is 3.46. The van der Waals surface area contributed by atoms with Crippen LogP contribution in [0.25, 0.3) is 21.5 Å². The minimum Gasteiger partial charge on any atom is -0.353 e. The molecule has 0 aliphatic carbocycles. The standard InChI is InChI=1S/C21H28N2S/c1-4-14(2)16-9-7-10-17-18(8-5-6-12-22)20(23-19(16)17)21-15(3)11-13-24-21/h7,9-11,13-14,23H,4-6,8,12,22H2,1-3H3. The summed E-state index contributed by atoms with van der Waals surface area (Å²) in [5, 5.41) is 3.59. The van der Waals surface area contributed by atoms with Crippen LogP contribution < -0.4 is 5.73 Å². The van der Waals surface area contributed by atoms with Gasteiger partial charge in [0.1, 0.15) is 0 Å². The first-order valence-corrected chi connectivity index (χ1v) is 9.93. The van der Waals surface area contributed by atoms with Crippen molar-refractivity contribution in [3.05, 3.63) is 46.3 Å². The summed E-state index contributed by atoms with van der Waals surface area (Å²) in [5.74, 6) is 0.571. The molecule has 24 heavy (non-hydrogen) atoms. The highest BCUT2D eigenvalue weighted by molar-refractivity contribution is 7.13. The molecule has 128 valence electrons. The van der Waals surface area contributed by atoms with E-state index in [1.807, 2.05) is 11.3 Å². The van der Waals surface area contributed by atoms with Gasteiger partial charge in [-0.25, -0.2) is 0 Å². The van der Waals surface area contributed by atoms with Gasteiger partial charge in [-0.05, 0) is 73.2 Å². The molecule has 3 heteroatoms. The maximum atomic E-state index is 5.71. The van der Waals surface area contributed by atoms with Crippen molar-refractivity contribution in [3.63, 3.8) is 0 Å². The molecule has 0 spiro atoms. The van der Waals surface area contributed by atoms with Gasteiger partial charge in [0.2, 0.25) is 0 Å². The first kappa shape index (κ1) is 17.2. The predicted molar refractivity (Wildman–Crippen MR) is 107 cm³/mol. The van der Waals surface area contributed by atoms with Crippen LogP contribution in [-0.2, 0) is 6.42 Å². The molecule has 0 saturated carbocycles. The Hall–Kier alpha value is -1.58. The van der Waals surface area contributed by atoms with E-state index in [9.17, 15) is 0 Å². The Morgan fingerprint density at radius 1 is 1.21 bits per heavy atom. The molecule has 1 aromatic carbocycles. The molecular weight excluding hydrogens is 312 g/mol. The molecule has 2 nitrogen and oxygen atoms in total. The number of aromatic amines is 1. The van der Waals surface area contributed by atoms with Crippen molar-refractivity contribution in [1.29, 1.82) is 0 Å². The topological polar surface area (TPSA) is 41.8 Å². The molecule has 0 aliphatic heterocycles. The number of hydrogen-bond donors (Lipinski definition) is 2. The van der Waals surface area contributed by atoms with Gasteiger partial charge in [0.05, 0.1) is 10.6 Å². The van der Waals surface area contributed by atoms with Crippen LogP contribution in [0.15, 0.2) is 29.6 Å². The van der Waals surface area contributed by atoms with Gasteiger partial charge >= 0.3 is 0 Å². The van der Waals surface area contributed by atoms with Crippen molar-refractivity contribution in [2.24, 2.45) is 5.73 Å². The predicted octanol–water partition coefficient (Wildman–Crippen LogP) is 6.00. The zero-order valence-corrected chi connectivity index (χ0v) is 15.8. The molecule has 0 amide bonds. The highest BCUT2D eigenvalue weighted by Crippen LogP contribution is 2.38. The Morgan fingerprint density at radius 2 is 2.04 bits per heavy atom. The van der Waals surface area contributed by atoms with Gasteiger partial charge in [0.25, 0.3) is 0 Å². The molecule has 2 aromatic heterocycles. The highest BCUT2D eigenvalue weighted by Gasteiger charge is 2.18. The zero-order valence-electron chi connectivity index (χ0n) is 15.0. The maximum absolute atomic E-state index is 5.71. The molecule has 0 saturated heterocycles. The lowest BCUT2D eigenvalue weighted by Crippen LogP contribution is -1.99. The number of nitrogens with two attached hydrogens (primary N) is 1. The van der Waals surface area contributed by atoms with Crippen LogP contribution in [-0.4, -0.2) is 11.5 Å². The number of thiophene rings is 1. The summed E-state index contributed by atoms with van der Waals surface area (Å²) in [6, 6.07) is 8.99. The number of aromatic nitrogens is 1. The van der Waals surface area contributed by atoms with Crippen LogP contribution >= 0.6 is 11.3 Å². The van der Waals surface area contributed by atoms with Crippen LogP contribution in [0, 0.1) is 6.92 Å². The molecule has 0 aliphatic rings. The fraction of sp³-hybridized carbons (Fsp3) is 0.429. The van der Waals surface area contributed by atoms with E-state index in [2.05, 4.69) is 55.4 Å². The van der Waals surface area contributed by atoms with Gasteiger partial charge in [-0.15, -0.1) is 11.3 Å². The smallest absolute Gasteiger partial charge is 0.0601 e. The van der Waals surface area contributed by atoms with E-state index < -0.39 is 0 Å². The van der Waals surface area contributed by atoms with Crippen molar-refractivity contribution in [2.45, 2.75) is 52.4 Å². The van der Waals surface area contributed by atoms with Crippen LogP contribution in [0.2, 0.25) is 0 Å². The number of H-pyrrole nitrogens is 1. The van der Waals surface area contributed by atoms with Gasteiger partial charge in [-0.1, -0.05) is 32.0 Å². The van der Waals surface area contributed by atoms with Gasteiger partial charge in [-0.2, -0.15) is 0 Å². The quantitative estimate of drug-likeness (QED) is 0.509. The lowest BCUT2D eigenvalue weighted by Gasteiger charge is -2.10. The Bertz CT molecular complexity index is 812. The summed E-state index contributed by atoms with van der Waals surface area (Å²) in [4.78, 5) is 5.18. The summed E-state index contributed by atoms with van der Waals surface area (Å²) in [6.07, 6.45) is 4.48. The van der Waals surface area contributed by atoms with Crippen molar-refractivity contribution in [1.82, 2.24) is 4.98 Å². The summed E-state index contributed by atoms with van der Waals surface area (Å²) in [5.41, 5.74) is 12.6. The monoisotopic (exact) mass is 340 g/mol. The summed E-state index contributed by atoms with van der Waals surface area (Å²) in [6.45, 7) is 7.56. The molecule has 3 N–H and O–H groups in total. The largest absolute Gasteiger partial charge is 0.353 e. The number of fused-ring (bicyclic) bond motifs is 1. The fourth-order valence-corrected chi connectivity index (χ4v) is 4.41. The third-order valence-corrected chi connectivity index (χ3v) is 6.12. The Labute approximate surface area is 149 Å². The zero-order chi connectivity index (χ0) is 17.1. The van der Waals surface area contributed by atoms with E-state index in [4.69, 9.17) is 5.73 Å². The van der Waals surface area contributed by atoms with E-state index in [0.29, 0.717) is 5.92 Å². The summed E-state index contributed by atoms with van der Waals surface area (Å²) < 4.78 is 0. The highest BCUT2D eigenvalue weighted by atomic mass is 32.1.